The molecule has 0 bridgehead atoms. The number of hydrogen-bond donors (Lipinski definition) is 4. The zero-order valence-electron chi connectivity index (χ0n) is 15.1. The van der Waals surface area contributed by atoms with Crippen LogP contribution >= 0.6 is 0 Å². The van der Waals surface area contributed by atoms with Crippen molar-refractivity contribution in [2.24, 2.45) is 0 Å². The average Bonchev–Trinajstić information content (AvgIpc) is 3.27. The first-order valence-corrected chi connectivity index (χ1v) is 9.91. The van der Waals surface area contributed by atoms with Gasteiger partial charge in [-0.15, -0.1) is 0 Å². The minimum Gasteiger partial charge on any atom is -0.379 e. The molecule has 0 unspecified atom stereocenters. The fourth-order valence-electron chi connectivity index (χ4n) is 2.74. The summed E-state index contributed by atoms with van der Waals surface area (Å²) in [6.07, 6.45) is 11.2. The van der Waals surface area contributed by atoms with Crippen LogP contribution in [0.1, 0.15) is 58.8 Å². The maximum atomic E-state index is 5.01. The van der Waals surface area contributed by atoms with Crippen LogP contribution < -0.4 is 21.3 Å². The van der Waals surface area contributed by atoms with Crippen molar-refractivity contribution in [3.63, 3.8) is 0 Å². The Balaban J connectivity index is 0.000000291. The van der Waals surface area contributed by atoms with Gasteiger partial charge in [-0.1, -0.05) is 20.3 Å². The molecular formula is C19H44N4O. The van der Waals surface area contributed by atoms with Crippen LogP contribution in [0.5, 0.6) is 0 Å². The van der Waals surface area contributed by atoms with Gasteiger partial charge in [0.2, 0.25) is 0 Å². The van der Waals surface area contributed by atoms with Crippen LogP contribution in [0.3, 0.4) is 0 Å². The first kappa shape index (κ1) is 23.8. The molecule has 0 aliphatic carbocycles. The van der Waals surface area contributed by atoms with Gasteiger partial charge in [-0.3, -0.25) is 0 Å². The van der Waals surface area contributed by atoms with Crippen LogP contribution in [0.15, 0.2) is 0 Å². The number of nitrogens with one attached hydrogen (secondary N) is 4. The quantitative estimate of drug-likeness (QED) is 0.542. The van der Waals surface area contributed by atoms with Crippen molar-refractivity contribution < 1.29 is 4.74 Å². The summed E-state index contributed by atoms with van der Waals surface area (Å²) in [7, 11) is 0. The molecule has 146 valence electrons. The van der Waals surface area contributed by atoms with Crippen molar-refractivity contribution in [3.8, 4) is 0 Å². The molecule has 0 aromatic rings. The summed E-state index contributed by atoms with van der Waals surface area (Å²) >= 11 is 0. The normalized spacial score (nSPS) is 23.0. The van der Waals surface area contributed by atoms with Crippen molar-refractivity contribution in [1.82, 2.24) is 21.3 Å². The van der Waals surface area contributed by atoms with Crippen molar-refractivity contribution in [3.05, 3.63) is 0 Å². The fourth-order valence-corrected chi connectivity index (χ4v) is 2.74. The van der Waals surface area contributed by atoms with E-state index in [1.54, 1.807) is 0 Å². The molecule has 0 aromatic carbocycles. The number of hydrogen-bond acceptors (Lipinski definition) is 5. The highest BCUT2D eigenvalue weighted by Gasteiger charge is 1.95. The zero-order chi connectivity index (χ0) is 16.3. The molecule has 4 aliphatic rings. The third kappa shape index (κ3) is 18.1. The van der Waals surface area contributed by atoms with Gasteiger partial charge in [0.15, 0.2) is 0 Å². The molecular weight excluding hydrogens is 300 g/mol. The number of ether oxygens (including phenoxy) is 1. The number of rotatable bonds is 0. The molecule has 0 spiro atoms. The van der Waals surface area contributed by atoms with Gasteiger partial charge in [0, 0.05) is 13.1 Å². The summed E-state index contributed by atoms with van der Waals surface area (Å²) in [5.74, 6) is 0. The van der Waals surface area contributed by atoms with Crippen LogP contribution in [0.25, 0.3) is 0 Å². The van der Waals surface area contributed by atoms with Crippen molar-refractivity contribution in [2.45, 2.75) is 58.8 Å². The van der Waals surface area contributed by atoms with Gasteiger partial charge in [-0.25, -0.2) is 0 Å². The summed E-state index contributed by atoms with van der Waals surface area (Å²) < 4.78 is 5.01. The fraction of sp³-hybridized carbons (Fsp3) is 1.00. The maximum absolute atomic E-state index is 5.01. The Kier molecular flexibility index (Phi) is 20.7. The largest absolute Gasteiger partial charge is 0.379 e. The molecule has 0 aromatic heterocycles. The predicted molar refractivity (Wildman–Crippen MR) is 106 cm³/mol. The Labute approximate surface area is 151 Å². The molecule has 5 heteroatoms. The summed E-state index contributed by atoms with van der Waals surface area (Å²) in [6, 6.07) is 0. The molecule has 4 aliphatic heterocycles. The molecule has 0 amide bonds. The van der Waals surface area contributed by atoms with E-state index in [0.717, 1.165) is 26.3 Å². The Bertz CT molecular complexity index is 143. The summed E-state index contributed by atoms with van der Waals surface area (Å²) in [4.78, 5) is 0. The molecule has 5 nitrogen and oxygen atoms in total. The van der Waals surface area contributed by atoms with Crippen molar-refractivity contribution in [1.29, 1.82) is 0 Å². The van der Waals surface area contributed by atoms with Gasteiger partial charge < -0.3 is 26.0 Å². The second-order valence-corrected chi connectivity index (χ2v) is 6.44. The van der Waals surface area contributed by atoms with Crippen molar-refractivity contribution >= 4 is 0 Å². The van der Waals surface area contributed by atoms with Gasteiger partial charge in [0.1, 0.15) is 0 Å². The molecule has 4 heterocycles. The lowest BCUT2D eigenvalue weighted by Crippen LogP contribution is -2.30. The second kappa shape index (κ2) is 20.8. The lowest BCUT2D eigenvalue weighted by atomic mass is 10.2. The third-order valence-corrected chi connectivity index (χ3v) is 4.22. The standard InChI is InChI=1S/2C5H11N.C4H9NO.C4H9N.CH4/c2*1-2-4-6-5-3-1;1-3-6-4-2-5-1;1-2-4-5-3-1;/h2*6H,1-5H2;5H,1-4H2;5H,1-4H2;1H4. The molecule has 0 saturated carbocycles. The van der Waals surface area contributed by atoms with E-state index in [0.29, 0.717) is 0 Å². The lowest BCUT2D eigenvalue weighted by Gasteiger charge is -2.10. The maximum Gasteiger partial charge on any atom is 0.0591 e. The van der Waals surface area contributed by atoms with Crippen LogP contribution in [0, 0.1) is 0 Å². The summed E-state index contributed by atoms with van der Waals surface area (Å²) in [5.41, 5.74) is 0. The van der Waals surface area contributed by atoms with Gasteiger partial charge in [0.05, 0.1) is 13.2 Å². The van der Waals surface area contributed by atoms with Crippen LogP contribution in [-0.4, -0.2) is 65.6 Å². The first-order chi connectivity index (χ1) is 11.5. The van der Waals surface area contributed by atoms with Crippen LogP contribution in [0.2, 0.25) is 0 Å². The lowest BCUT2D eigenvalue weighted by molar-refractivity contribution is 0.109. The highest BCUT2D eigenvalue weighted by atomic mass is 16.5. The van der Waals surface area contributed by atoms with E-state index in [1.807, 2.05) is 0 Å². The monoisotopic (exact) mass is 344 g/mol. The van der Waals surface area contributed by atoms with Gasteiger partial charge in [-0.05, 0) is 77.8 Å². The summed E-state index contributed by atoms with van der Waals surface area (Å²) in [5, 5.41) is 13.0. The van der Waals surface area contributed by atoms with E-state index in [4.69, 9.17) is 4.74 Å². The molecule has 4 rings (SSSR count). The van der Waals surface area contributed by atoms with E-state index in [9.17, 15) is 0 Å². The van der Waals surface area contributed by atoms with Crippen LogP contribution in [0.4, 0.5) is 0 Å². The Morgan fingerprint density at radius 2 is 0.667 bits per heavy atom. The molecule has 4 saturated heterocycles. The second-order valence-electron chi connectivity index (χ2n) is 6.44. The van der Waals surface area contributed by atoms with E-state index >= 15 is 0 Å². The Morgan fingerprint density at radius 1 is 0.375 bits per heavy atom. The SMILES string of the molecule is C.C1CCNC1.C1CCNCC1.C1CCNCC1.C1COCCN1. The van der Waals surface area contributed by atoms with Crippen molar-refractivity contribution in [2.75, 3.05) is 65.6 Å². The highest BCUT2D eigenvalue weighted by molar-refractivity contribution is 4.56. The molecule has 4 N–H and O–H groups in total. The first-order valence-electron chi connectivity index (χ1n) is 9.91. The third-order valence-electron chi connectivity index (χ3n) is 4.22. The van der Waals surface area contributed by atoms with Gasteiger partial charge in [-0.2, -0.15) is 0 Å². The van der Waals surface area contributed by atoms with Gasteiger partial charge >= 0.3 is 0 Å². The molecule has 0 atom stereocenters. The molecule has 0 radical (unpaired) electrons. The van der Waals surface area contributed by atoms with Crippen LogP contribution in [-0.2, 0) is 4.74 Å². The predicted octanol–water partition coefficient (Wildman–Crippen LogP) is 2.13. The van der Waals surface area contributed by atoms with E-state index in [-0.39, 0.29) is 7.43 Å². The Morgan fingerprint density at radius 3 is 0.792 bits per heavy atom. The highest BCUT2D eigenvalue weighted by Crippen LogP contribution is 1.97. The number of piperidine rings is 2. The van der Waals surface area contributed by atoms with E-state index in [1.165, 1.54) is 90.6 Å². The summed E-state index contributed by atoms with van der Waals surface area (Å²) in [6.45, 7) is 11.3. The van der Waals surface area contributed by atoms with E-state index < -0.39 is 0 Å². The minimum absolute atomic E-state index is 0. The van der Waals surface area contributed by atoms with Gasteiger partial charge in [0.25, 0.3) is 0 Å². The Hall–Kier alpha value is -0.200. The van der Waals surface area contributed by atoms with E-state index in [2.05, 4.69) is 21.3 Å². The zero-order valence-corrected chi connectivity index (χ0v) is 15.1. The number of morpholine rings is 1. The average molecular weight is 345 g/mol. The minimum atomic E-state index is 0. The molecule has 24 heavy (non-hydrogen) atoms. The molecule has 4 fully saturated rings. The topological polar surface area (TPSA) is 57.3 Å². The smallest absolute Gasteiger partial charge is 0.0591 e.